The number of nitrogens with one attached hydrogen (secondary N) is 2. The van der Waals surface area contributed by atoms with Crippen LogP contribution in [-0.2, 0) is 12.8 Å². The maximum Gasteiger partial charge on any atom is 0.259 e. The molecule has 3 aromatic rings. The number of carbonyl (C=O) groups excluding carboxylic acids is 2. The number of aryl methyl sites for hydroxylation is 2. The summed E-state index contributed by atoms with van der Waals surface area (Å²) in [4.78, 5) is 25.4. The molecule has 3 rings (SSSR count). The van der Waals surface area contributed by atoms with Crippen LogP contribution in [0.2, 0.25) is 0 Å². The first-order chi connectivity index (χ1) is 16.4. The van der Waals surface area contributed by atoms with Gasteiger partial charge in [-0.3, -0.25) is 9.59 Å². The molecule has 0 fully saturated rings. The number of hydrogen-bond donors (Lipinski definition) is 4. The molecule has 0 bridgehead atoms. The Morgan fingerprint density at radius 3 is 1.50 bits per heavy atom. The van der Waals surface area contributed by atoms with E-state index in [4.69, 9.17) is 0 Å². The largest absolute Gasteiger partial charge is 0.507 e. The molecule has 34 heavy (non-hydrogen) atoms. The third-order valence-corrected chi connectivity index (χ3v) is 5.63. The molecule has 6 nitrogen and oxygen atoms in total. The molecule has 0 heterocycles. The molecule has 0 saturated carbocycles. The highest BCUT2D eigenvalue weighted by Crippen LogP contribution is 2.24. The van der Waals surface area contributed by atoms with Gasteiger partial charge in [-0.05, 0) is 79.3 Å². The van der Waals surface area contributed by atoms with Crippen molar-refractivity contribution in [2.45, 2.75) is 52.4 Å². The summed E-state index contributed by atoms with van der Waals surface area (Å²) in [6.45, 7) is 4.20. The zero-order chi connectivity index (χ0) is 24.5. The Labute approximate surface area is 200 Å². The minimum Gasteiger partial charge on any atom is -0.507 e. The van der Waals surface area contributed by atoms with Crippen molar-refractivity contribution in [2.24, 2.45) is 0 Å². The van der Waals surface area contributed by atoms with Gasteiger partial charge < -0.3 is 20.8 Å². The van der Waals surface area contributed by atoms with Crippen LogP contribution in [0.1, 0.15) is 71.4 Å². The zero-order valence-electron chi connectivity index (χ0n) is 19.7. The van der Waals surface area contributed by atoms with Crippen molar-refractivity contribution in [3.05, 3.63) is 82.9 Å². The predicted octanol–water partition coefficient (Wildman–Crippen LogP) is 6.29. The van der Waals surface area contributed by atoms with Crippen molar-refractivity contribution in [1.29, 1.82) is 0 Å². The van der Waals surface area contributed by atoms with E-state index in [1.54, 1.807) is 48.5 Å². The summed E-state index contributed by atoms with van der Waals surface area (Å²) in [6.07, 6.45) is 5.85. The molecule has 6 heteroatoms. The van der Waals surface area contributed by atoms with Crippen molar-refractivity contribution in [1.82, 2.24) is 0 Å². The van der Waals surface area contributed by atoms with Gasteiger partial charge in [-0.15, -0.1) is 0 Å². The maximum atomic E-state index is 12.7. The molecule has 178 valence electrons. The molecule has 0 aliphatic rings. The third kappa shape index (κ3) is 6.61. The van der Waals surface area contributed by atoms with Gasteiger partial charge in [0.1, 0.15) is 11.5 Å². The minimum absolute atomic E-state index is 0.0616. The normalized spacial score (nSPS) is 10.6. The maximum absolute atomic E-state index is 12.7. The van der Waals surface area contributed by atoms with Gasteiger partial charge in [-0.25, -0.2) is 0 Å². The van der Waals surface area contributed by atoms with E-state index in [2.05, 4.69) is 24.5 Å². The van der Waals surface area contributed by atoms with Gasteiger partial charge in [0.05, 0.1) is 11.1 Å². The van der Waals surface area contributed by atoms with Gasteiger partial charge >= 0.3 is 0 Å². The Balaban J connectivity index is 1.67. The second kappa shape index (κ2) is 11.9. The Morgan fingerprint density at radius 2 is 1.12 bits per heavy atom. The van der Waals surface area contributed by atoms with E-state index < -0.39 is 11.8 Å². The van der Waals surface area contributed by atoms with Crippen molar-refractivity contribution >= 4 is 23.2 Å². The minimum atomic E-state index is -0.441. The highest BCUT2D eigenvalue weighted by Gasteiger charge is 2.14. The summed E-state index contributed by atoms with van der Waals surface area (Å²) in [5.74, 6) is -1.01. The molecule has 0 atom stereocenters. The lowest BCUT2D eigenvalue weighted by molar-refractivity contribution is 0.101. The van der Waals surface area contributed by atoms with Crippen molar-refractivity contribution in [3.8, 4) is 11.5 Å². The first-order valence-corrected chi connectivity index (χ1v) is 11.8. The molecule has 0 radical (unpaired) electrons. The van der Waals surface area contributed by atoms with Crippen LogP contribution >= 0.6 is 0 Å². The smallest absolute Gasteiger partial charge is 0.259 e. The number of aromatic hydroxyl groups is 2. The predicted molar refractivity (Wildman–Crippen MR) is 136 cm³/mol. The van der Waals surface area contributed by atoms with E-state index in [9.17, 15) is 19.8 Å². The lowest BCUT2D eigenvalue weighted by Crippen LogP contribution is -2.14. The molecule has 0 aromatic heterocycles. The summed E-state index contributed by atoms with van der Waals surface area (Å²) >= 11 is 0. The fourth-order valence-electron chi connectivity index (χ4n) is 3.68. The number of amides is 2. The second-order valence-electron chi connectivity index (χ2n) is 8.40. The summed E-state index contributed by atoms with van der Waals surface area (Å²) < 4.78 is 0. The number of hydrogen-bond acceptors (Lipinski definition) is 4. The van der Waals surface area contributed by atoms with Crippen LogP contribution < -0.4 is 10.6 Å². The average molecular weight is 461 g/mol. The van der Waals surface area contributed by atoms with Gasteiger partial charge in [0.15, 0.2) is 0 Å². The summed E-state index contributed by atoms with van der Waals surface area (Å²) in [7, 11) is 0. The molecule has 4 N–H and O–H groups in total. The fourth-order valence-corrected chi connectivity index (χ4v) is 3.68. The van der Waals surface area contributed by atoms with Crippen LogP contribution in [-0.4, -0.2) is 22.0 Å². The number of carbonyl (C=O) groups is 2. The molecule has 0 aliphatic carbocycles. The summed E-state index contributed by atoms with van der Waals surface area (Å²) in [5.41, 5.74) is 3.28. The van der Waals surface area contributed by atoms with E-state index >= 15 is 0 Å². The molecule has 0 saturated heterocycles. The second-order valence-corrected chi connectivity index (χ2v) is 8.40. The van der Waals surface area contributed by atoms with E-state index in [1.807, 2.05) is 12.1 Å². The zero-order valence-corrected chi connectivity index (χ0v) is 19.7. The lowest BCUT2D eigenvalue weighted by atomic mass is 10.0. The molecule has 0 unspecified atom stereocenters. The monoisotopic (exact) mass is 460 g/mol. The number of anilines is 2. The molecular weight excluding hydrogens is 428 g/mol. The van der Waals surface area contributed by atoms with Gasteiger partial charge in [-0.2, -0.15) is 0 Å². The molecular formula is C28H32N2O4. The number of benzene rings is 3. The fraction of sp³-hybridized carbons (Fsp3) is 0.286. The lowest BCUT2D eigenvalue weighted by Gasteiger charge is -2.11. The van der Waals surface area contributed by atoms with E-state index in [1.165, 1.54) is 0 Å². The van der Waals surface area contributed by atoms with E-state index in [0.29, 0.717) is 11.4 Å². The topological polar surface area (TPSA) is 98.7 Å². The van der Waals surface area contributed by atoms with Crippen LogP contribution in [0.4, 0.5) is 11.4 Å². The number of phenols is 2. The van der Waals surface area contributed by atoms with Crippen molar-refractivity contribution < 1.29 is 19.8 Å². The van der Waals surface area contributed by atoms with E-state index in [-0.39, 0.29) is 22.6 Å². The van der Waals surface area contributed by atoms with Crippen molar-refractivity contribution in [3.63, 3.8) is 0 Å². The van der Waals surface area contributed by atoms with Crippen molar-refractivity contribution in [2.75, 3.05) is 10.6 Å². The van der Waals surface area contributed by atoms with Crippen LogP contribution in [0.3, 0.4) is 0 Å². The highest BCUT2D eigenvalue weighted by molar-refractivity contribution is 6.08. The number of unbranched alkanes of at least 4 members (excludes halogenated alkanes) is 2. The number of phenolic OH excluding ortho intramolecular Hbond substituents is 2. The van der Waals surface area contributed by atoms with Crippen LogP contribution in [0.5, 0.6) is 11.5 Å². The third-order valence-electron chi connectivity index (χ3n) is 5.63. The molecule has 2 amide bonds. The Hall–Kier alpha value is -3.80. The van der Waals surface area contributed by atoms with E-state index in [0.717, 1.165) is 49.7 Å². The van der Waals surface area contributed by atoms with Crippen LogP contribution in [0.15, 0.2) is 60.7 Å². The Bertz CT molecular complexity index is 1070. The SMILES string of the molecule is CCCCc1ccc(C(=O)Nc2cccc(NC(=O)c3ccc(CCCC)cc3O)c2)c(O)c1. The highest BCUT2D eigenvalue weighted by atomic mass is 16.3. The first-order valence-electron chi connectivity index (χ1n) is 11.8. The van der Waals surface area contributed by atoms with Crippen LogP contribution in [0.25, 0.3) is 0 Å². The number of rotatable bonds is 10. The van der Waals surface area contributed by atoms with Gasteiger partial charge in [-0.1, -0.05) is 44.9 Å². The standard InChI is InChI=1S/C28H32N2O4/c1-3-5-8-19-12-14-23(25(31)16-19)27(33)29-21-10-7-11-22(18-21)30-28(34)24-15-13-20(9-6-4-2)17-26(24)32/h7,10-18,31-32H,3-6,8-9H2,1-2H3,(H,29,33)(H,30,34). The molecule has 3 aromatic carbocycles. The van der Waals surface area contributed by atoms with Crippen LogP contribution in [0, 0.1) is 0 Å². The Morgan fingerprint density at radius 1 is 0.676 bits per heavy atom. The quantitative estimate of drug-likeness (QED) is 0.286. The van der Waals surface area contributed by atoms with Gasteiger partial charge in [0.2, 0.25) is 0 Å². The summed E-state index contributed by atoms with van der Waals surface area (Å²) in [6, 6.07) is 16.9. The van der Waals surface area contributed by atoms with Gasteiger partial charge in [0.25, 0.3) is 11.8 Å². The first kappa shape index (κ1) is 24.8. The average Bonchev–Trinajstić information content (AvgIpc) is 2.81. The van der Waals surface area contributed by atoms with Gasteiger partial charge in [0, 0.05) is 11.4 Å². The summed E-state index contributed by atoms with van der Waals surface area (Å²) in [5, 5.41) is 26.1. The Kier molecular flexibility index (Phi) is 8.68. The molecule has 0 spiro atoms. The molecule has 0 aliphatic heterocycles.